The highest BCUT2D eigenvalue weighted by Gasteiger charge is 2.37. The summed E-state index contributed by atoms with van der Waals surface area (Å²) < 4.78 is 5.05. The van der Waals surface area contributed by atoms with Crippen molar-refractivity contribution in [3.05, 3.63) is 23.8 Å². The van der Waals surface area contributed by atoms with Crippen LogP contribution in [0.1, 0.15) is 31.7 Å². The lowest BCUT2D eigenvalue weighted by atomic mass is 9.94. The van der Waals surface area contributed by atoms with Gasteiger partial charge in [-0.25, -0.2) is 4.79 Å². The van der Waals surface area contributed by atoms with E-state index < -0.39 is 17.9 Å². The van der Waals surface area contributed by atoms with Gasteiger partial charge in [-0.15, -0.1) is 0 Å². The Morgan fingerprint density at radius 2 is 2.12 bits per heavy atom. The number of aliphatic hydroxyl groups excluding tert-OH is 1. The zero-order valence-corrected chi connectivity index (χ0v) is 14.4. The second-order valence-electron chi connectivity index (χ2n) is 6.17. The summed E-state index contributed by atoms with van der Waals surface area (Å²) in [6.45, 7) is 2.29. The molecule has 1 aromatic rings. The number of nitrogens with zero attached hydrogens (tertiary/aromatic N) is 1. The van der Waals surface area contributed by atoms with Gasteiger partial charge in [0.15, 0.2) is 0 Å². The number of amides is 1. The molecule has 1 saturated heterocycles. The number of likely N-dealkylation sites (tertiary alicyclic amines) is 1. The number of aromatic hydroxyl groups is 2. The van der Waals surface area contributed by atoms with Gasteiger partial charge in [0.1, 0.15) is 17.5 Å². The number of hydrogen-bond donors (Lipinski definition) is 3. The number of carbonyl (C=O) groups excluding carboxylic acids is 2. The summed E-state index contributed by atoms with van der Waals surface area (Å²) in [5, 5.41) is 28.6. The summed E-state index contributed by atoms with van der Waals surface area (Å²) in [6, 6.07) is 3.62. The molecule has 0 radical (unpaired) electrons. The van der Waals surface area contributed by atoms with Crippen molar-refractivity contribution in [1.29, 1.82) is 0 Å². The Morgan fingerprint density at radius 1 is 1.36 bits per heavy atom. The molecular formula is C18H25NO6. The first-order chi connectivity index (χ1) is 12.0. The monoisotopic (exact) mass is 351 g/mol. The number of phenols is 2. The maximum Gasteiger partial charge on any atom is 0.328 e. The minimum Gasteiger partial charge on any atom is -0.508 e. The van der Waals surface area contributed by atoms with Crippen LogP contribution in [-0.2, 0) is 20.7 Å². The van der Waals surface area contributed by atoms with E-state index in [2.05, 4.69) is 0 Å². The van der Waals surface area contributed by atoms with Crippen LogP contribution in [0.4, 0.5) is 0 Å². The van der Waals surface area contributed by atoms with Gasteiger partial charge in [-0.2, -0.15) is 0 Å². The number of phenolic OH excluding ortho intramolecular Hbond substituents is 2. The van der Waals surface area contributed by atoms with Gasteiger partial charge in [-0.3, -0.25) is 4.79 Å². The number of esters is 1. The second-order valence-corrected chi connectivity index (χ2v) is 6.17. The molecule has 7 heteroatoms. The Bertz CT molecular complexity index is 618. The number of ether oxygens (including phenoxy) is 1. The van der Waals surface area contributed by atoms with E-state index in [1.165, 1.54) is 17.0 Å². The molecule has 7 nitrogen and oxygen atoms in total. The van der Waals surface area contributed by atoms with Gasteiger partial charge < -0.3 is 25.0 Å². The molecular weight excluding hydrogens is 326 g/mol. The van der Waals surface area contributed by atoms with Gasteiger partial charge in [0.05, 0.1) is 6.61 Å². The average Bonchev–Trinajstić information content (AvgIpc) is 3.06. The second kappa shape index (κ2) is 8.71. The zero-order valence-electron chi connectivity index (χ0n) is 14.4. The van der Waals surface area contributed by atoms with E-state index >= 15 is 0 Å². The predicted octanol–water partition coefficient (Wildman–Crippen LogP) is 1.19. The number of carbonyl (C=O) groups is 2. The minimum atomic E-state index is -0.581. The molecule has 2 rings (SSSR count). The molecule has 25 heavy (non-hydrogen) atoms. The highest BCUT2D eigenvalue weighted by molar-refractivity contribution is 5.86. The van der Waals surface area contributed by atoms with E-state index in [4.69, 9.17) is 4.74 Å². The molecule has 3 N–H and O–H groups in total. The Hall–Kier alpha value is -2.28. The lowest BCUT2D eigenvalue weighted by Crippen LogP contribution is -2.45. The summed E-state index contributed by atoms with van der Waals surface area (Å²) in [7, 11) is 0. The highest BCUT2D eigenvalue weighted by atomic mass is 16.5. The van der Waals surface area contributed by atoms with Gasteiger partial charge >= 0.3 is 5.97 Å². The molecule has 1 fully saturated rings. The van der Waals surface area contributed by atoms with Crippen LogP contribution in [0.25, 0.3) is 0 Å². The van der Waals surface area contributed by atoms with Crippen LogP contribution in [0.2, 0.25) is 0 Å². The molecule has 0 bridgehead atoms. The molecule has 2 atom stereocenters. The summed E-state index contributed by atoms with van der Waals surface area (Å²) in [4.78, 5) is 26.5. The van der Waals surface area contributed by atoms with Crippen molar-refractivity contribution in [2.24, 2.45) is 5.92 Å². The summed E-state index contributed by atoms with van der Waals surface area (Å²) >= 11 is 0. The number of hydrogen-bond acceptors (Lipinski definition) is 6. The maximum atomic E-state index is 12.9. The Balaban J connectivity index is 2.15. The van der Waals surface area contributed by atoms with E-state index in [0.717, 1.165) is 6.42 Å². The van der Waals surface area contributed by atoms with Gasteiger partial charge in [0, 0.05) is 25.1 Å². The summed E-state index contributed by atoms with van der Waals surface area (Å²) in [5.74, 6) is -1.34. The SMILES string of the molecule is CCOC(=O)C1CCCN1C(=O)C(CCO)Cc1ccc(O)cc1O. The molecule has 0 saturated carbocycles. The Morgan fingerprint density at radius 3 is 2.76 bits per heavy atom. The largest absolute Gasteiger partial charge is 0.508 e. The van der Waals surface area contributed by atoms with Crippen molar-refractivity contribution in [2.75, 3.05) is 19.8 Å². The minimum absolute atomic E-state index is 0.0618. The fourth-order valence-corrected chi connectivity index (χ4v) is 3.21. The molecule has 1 heterocycles. The lowest BCUT2D eigenvalue weighted by molar-refractivity contribution is -0.154. The van der Waals surface area contributed by atoms with Gasteiger partial charge in [-0.05, 0) is 44.2 Å². The van der Waals surface area contributed by atoms with Gasteiger partial charge in [-0.1, -0.05) is 6.07 Å². The fraction of sp³-hybridized carbons (Fsp3) is 0.556. The third kappa shape index (κ3) is 4.63. The average molecular weight is 351 g/mol. The van der Waals surface area contributed by atoms with Gasteiger partial charge in [0.25, 0.3) is 0 Å². The normalized spacial score (nSPS) is 18.2. The first-order valence-corrected chi connectivity index (χ1v) is 8.56. The van der Waals surface area contributed by atoms with E-state index in [-0.39, 0.29) is 43.5 Å². The van der Waals surface area contributed by atoms with E-state index in [9.17, 15) is 24.9 Å². The van der Waals surface area contributed by atoms with Crippen LogP contribution >= 0.6 is 0 Å². The zero-order chi connectivity index (χ0) is 18.4. The molecule has 0 aliphatic carbocycles. The molecule has 0 spiro atoms. The molecule has 1 aromatic carbocycles. The van der Waals surface area contributed by atoms with Crippen molar-refractivity contribution < 1.29 is 29.6 Å². The molecule has 138 valence electrons. The Kier molecular flexibility index (Phi) is 6.64. The van der Waals surface area contributed by atoms with Crippen LogP contribution in [-0.4, -0.2) is 57.9 Å². The van der Waals surface area contributed by atoms with Crippen LogP contribution in [0.3, 0.4) is 0 Å². The number of aliphatic hydroxyl groups is 1. The fourth-order valence-electron chi connectivity index (χ4n) is 3.21. The smallest absolute Gasteiger partial charge is 0.328 e. The summed E-state index contributed by atoms with van der Waals surface area (Å²) in [5.41, 5.74) is 0.511. The van der Waals surface area contributed by atoms with Crippen molar-refractivity contribution in [2.45, 2.75) is 38.6 Å². The quantitative estimate of drug-likeness (QED) is 0.637. The van der Waals surface area contributed by atoms with Crippen molar-refractivity contribution >= 4 is 11.9 Å². The van der Waals surface area contributed by atoms with Crippen molar-refractivity contribution in [3.8, 4) is 11.5 Å². The third-order valence-corrected chi connectivity index (χ3v) is 4.46. The maximum absolute atomic E-state index is 12.9. The lowest BCUT2D eigenvalue weighted by Gasteiger charge is -2.27. The molecule has 0 aromatic heterocycles. The van der Waals surface area contributed by atoms with E-state index in [1.54, 1.807) is 13.0 Å². The van der Waals surface area contributed by atoms with Crippen LogP contribution < -0.4 is 0 Å². The molecule has 1 amide bonds. The first kappa shape index (κ1) is 19.1. The topological polar surface area (TPSA) is 107 Å². The highest BCUT2D eigenvalue weighted by Crippen LogP contribution is 2.28. The van der Waals surface area contributed by atoms with Crippen LogP contribution in [0, 0.1) is 5.92 Å². The predicted molar refractivity (Wildman–Crippen MR) is 90.0 cm³/mol. The van der Waals surface area contributed by atoms with Gasteiger partial charge in [0.2, 0.25) is 5.91 Å². The number of benzene rings is 1. The van der Waals surface area contributed by atoms with E-state index in [0.29, 0.717) is 18.5 Å². The third-order valence-electron chi connectivity index (χ3n) is 4.46. The van der Waals surface area contributed by atoms with Crippen LogP contribution in [0.15, 0.2) is 18.2 Å². The standard InChI is InChI=1S/C18H25NO6/c1-2-25-18(24)15-4-3-8-19(15)17(23)13(7-9-20)10-12-5-6-14(21)11-16(12)22/h5-6,11,13,15,20-22H,2-4,7-10H2,1H3. The Labute approximate surface area is 146 Å². The number of rotatable bonds is 7. The van der Waals surface area contributed by atoms with Crippen molar-refractivity contribution in [1.82, 2.24) is 4.90 Å². The molecule has 1 aliphatic heterocycles. The van der Waals surface area contributed by atoms with E-state index in [1.807, 2.05) is 0 Å². The molecule has 1 aliphatic rings. The van der Waals surface area contributed by atoms with Crippen molar-refractivity contribution in [3.63, 3.8) is 0 Å². The first-order valence-electron chi connectivity index (χ1n) is 8.56. The molecule has 2 unspecified atom stereocenters. The summed E-state index contributed by atoms with van der Waals surface area (Å²) in [6.07, 6.45) is 1.75. The van der Waals surface area contributed by atoms with Crippen LogP contribution in [0.5, 0.6) is 11.5 Å².